The van der Waals surface area contributed by atoms with Gasteiger partial charge in [0.2, 0.25) is 5.91 Å². The van der Waals surface area contributed by atoms with Gasteiger partial charge in [-0.15, -0.1) is 0 Å². The van der Waals surface area contributed by atoms with Crippen molar-refractivity contribution in [1.82, 2.24) is 29.2 Å². The summed E-state index contributed by atoms with van der Waals surface area (Å²) in [5.74, 6) is 1.95. The molecule has 1 aliphatic carbocycles. The van der Waals surface area contributed by atoms with Crippen LogP contribution in [0.25, 0.3) is 33.3 Å². The standard InChI is InChI=1S/C26H28N6O/c1-4-24(33)31-10-11-32-23(15-31)25(28-26(32)17-8-9-17)19-7-5-6-18-12-22(27-13-20(18)19)21-14-30(3)29-16(21)2/h5-7,12-14,17H,4,8-11,15H2,1-3H3. The summed E-state index contributed by atoms with van der Waals surface area (Å²) in [7, 11) is 1.93. The van der Waals surface area contributed by atoms with Gasteiger partial charge in [-0.05, 0) is 31.2 Å². The number of imidazole rings is 1. The van der Waals surface area contributed by atoms with Crippen molar-refractivity contribution in [2.45, 2.75) is 52.1 Å². The van der Waals surface area contributed by atoms with Crippen molar-refractivity contribution in [3.8, 4) is 22.5 Å². The summed E-state index contributed by atoms with van der Waals surface area (Å²) in [6.07, 6.45) is 6.93. The highest BCUT2D eigenvalue weighted by atomic mass is 16.2. The first-order valence-corrected chi connectivity index (χ1v) is 11.8. The van der Waals surface area contributed by atoms with E-state index in [-0.39, 0.29) is 5.91 Å². The Labute approximate surface area is 193 Å². The molecule has 0 N–H and O–H groups in total. The molecule has 3 aromatic heterocycles. The molecule has 1 fully saturated rings. The molecule has 6 rings (SSSR count). The number of hydrogen-bond donors (Lipinski definition) is 0. The third kappa shape index (κ3) is 3.34. The Kier molecular flexibility index (Phi) is 4.60. The van der Waals surface area contributed by atoms with Crippen LogP contribution in [0.5, 0.6) is 0 Å². The summed E-state index contributed by atoms with van der Waals surface area (Å²) in [4.78, 5) is 24.4. The maximum atomic E-state index is 12.5. The fourth-order valence-corrected chi connectivity index (χ4v) is 5.08. The first-order valence-electron chi connectivity index (χ1n) is 11.8. The molecule has 0 spiro atoms. The van der Waals surface area contributed by atoms with E-state index < -0.39 is 0 Å². The smallest absolute Gasteiger partial charge is 0.222 e. The Balaban J connectivity index is 1.48. The van der Waals surface area contributed by atoms with Crippen molar-refractivity contribution < 1.29 is 4.79 Å². The van der Waals surface area contributed by atoms with Crippen molar-refractivity contribution in [2.75, 3.05) is 6.54 Å². The second kappa shape index (κ2) is 7.54. The van der Waals surface area contributed by atoms with Gasteiger partial charge in [-0.3, -0.25) is 14.5 Å². The van der Waals surface area contributed by atoms with Crippen LogP contribution in [0.1, 0.15) is 49.3 Å². The van der Waals surface area contributed by atoms with Crippen LogP contribution >= 0.6 is 0 Å². The number of benzene rings is 1. The van der Waals surface area contributed by atoms with Crippen LogP contribution in [0.4, 0.5) is 0 Å². The average molecular weight is 441 g/mol. The molecule has 4 aromatic rings. The summed E-state index contributed by atoms with van der Waals surface area (Å²) in [6, 6.07) is 8.50. The number of carbonyl (C=O) groups is 1. The molecule has 7 nitrogen and oxygen atoms in total. The lowest BCUT2D eigenvalue weighted by Crippen LogP contribution is -2.38. The van der Waals surface area contributed by atoms with Crippen LogP contribution < -0.4 is 0 Å². The Bertz CT molecular complexity index is 1390. The molecule has 7 heteroatoms. The second-order valence-electron chi connectivity index (χ2n) is 9.26. The van der Waals surface area contributed by atoms with Crippen LogP contribution in [0, 0.1) is 6.92 Å². The lowest BCUT2D eigenvalue weighted by Gasteiger charge is -2.29. The van der Waals surface area contributed by atoms with Gasteiger partial charge in [-0.1, -0.05) is 25.1 Å². The van der Waals surface area contributed by atoms with Crippen LogP contribution in [0.2, 0.25) is 0 Å². The molecule has 0 radical (unpaired) electrons. The normalized spacial score (nSPS) is 15.8. The Morgan fingerprint density at radius 3 is 2.76 bits per heavy atom. The van der Waals surface area contributed by atoms with Crippen LogP contribution in [0.15, 0.2) is 36.7 Å². The molecule has 0 bridgehead atoms. The van der Waals surface area contributed by atoms with Crippen molar-refractivity contribution in [1.29, 1.82) is 0 Å². The summed E-state index contributed by atoms with van der Waals surface area (Å²) in [6.45, 7) is 6.16. The van der Waals surface area contributed by atoms with E-state index in [2.05, 4.69) is 33.9 Å². The maximum Gasteiger partial charge on any atom is 0.222 e. The highest BCUT2D eigenvalue weighted by Gasteiger charge is 2.34. The van der Waals surface area contributed by atoms with Crippen LogP contribution in [-0.2, 0) is 24.9 Å². The maximum absolute atomic E-state index is 12.5. The zero-order chi connectivity index (χ0) is 22.7. The topological polar surface area (TPSA) is 68.8 Å². The zero-order valence-electron chi connectivity index (χ0n) is 19.4. The number of rotatable bonds is 4. The van der Waals surface area contributed by atoms with E-state index in [9.17, 15) is 4.79 Å². The highest BCUT2D eigenvalue weighted by Crippen LogP contribution is 2.43. The first kappa shape index (κ1) is 20.1. The molecule has 1 aliphatic heterocycles. The summed E-state index contributed by atoms with van der Waals surface area (Å²) in [5, 5.41) is 6.69. The van der Waals surface area contributed by atoms with Gasteiger partial charge >= 0.3 is 0 Å². The van der Waals surface area contributed by atoms with Crippen molar-refractivity contribution >= 4 is 16.7 Å². The number of amides is 1. The summed E-state index contributed by atoms with van der Waals surface area (Å²) >= 11 is 0. The predicted octanol–water partition coefficient (Wildman–Crippen LogP) is 4.44. The number of aromatic nitrogens is 5. The molecular weight excluding hydrogens is 412 g/mol. The number of fused-ring (bicyclic) bond motifs is 2. The SMILES string of the molecule is CCC(=O)N1CCn2c(C3CC3)nc(-c3cccc4cc(-c5cn(C)nc5C)ncc34)c2C1. The fraction of sp³-hybridized carbons (Fsp3) is 0.385. The van der Waals surface area contributed by atoms with E-state index in [0.717, 1.165) is 57.8 Å². The van der Waals surface area contributed by atoms with Gasteiger partial charge in [-0.2, -0.15) is 5.10 Å². The Hall–Kier alpha value is -3.48. The van der Waals surface area contributed by atoms with E-state index in [1.165, 1.54) is 18.7 Å². The van der Waals surface area contributed by atoms with Crippen LogP contribution in [0.3, 0.4) is 0 Å². The summed E-state index contributed by atoms with van der Waals surface area (Å²) in [5.41, 5.74) is 6.20. The van der Waals surface area contributed by atoms with E-state index in [0.29, 0.717) is 18.9 Å². The highest BCUT2D eigenvalue weighted by molar-refractivity contribution is 5.97. The monoisotopic (exact) mass is 440 g/mol. The molecule has 1 aromatic carbocycles. The van der Waals surface area contributed by atoms with Gasteiger partial charge in [-0.25, -0.2) is 4.98 Å². The van der Waals surface area contributed by atoms with Gasteiger partial charge in [0.25, 0.3) is 0 Å². The lowest BCUT2D eigenvalue weighted by atomic mass is 10.0. The third-order valence-electron chi connectivity index (χ3n) is 6.94. The van der Waals surface area contributed by atoms with Gasteiger partial charge in [0.1, 0.15) is 5.82 Å². The van der Waals surface area contributed by atoms with Crippen molar-refractivity contribution in [3.63, 3.8) is 0 Å². The molecule has 168 valence electrons. The van der Waals surface area contributed by atoms with Crippen LogP contribution in [-0.4, -0.2) is 41.7 Å². The Morgan fingerprint density at radius 2 is 2.03 bits per heavy atom. The van der Waals surface area contributed by atoms with E-state index in [1.54, 1.807) is 0 Å². The largest absolute Gasteiger partial charge is 0.335 e. The molecule has 0 unspecified atom stereocenters. The second-order valence-corrected chi connectivity index (χ2v) is 9.26. The zero-order valence-corrected chi connectivity index (χ0v) is 19.4. The van der Waals surface area contributed by atoms with E-state index >= 15 is 0 Å². The molecule has 0 saturated heterocycles. The molecule has 2 aliphatic rings. The number of aryl methyl sites for hydroxylation is 2. The molecule has 1 amide bonds. The van der Waals surface area contributed by atoms with Gasteiger partial charge < -0.3 is 9.47 Å². The quantitative estimate of drug-likeness (QED) is 0.471. The molecule has 33 heavy (non-hydrogen) atoms. The molecule has 0 atom stereocenters. The number of hydrogen-bond acceptors (Lipinski definition) is 4. The average Bonchev–Trinajstić information content (AvgIpc) is 3.52. The first-order chi connectivity index (χ1) is 16.0. The lowest BCUT2D eigenvalue weighted by molar-refractivity contribution is -0.132. The third-order valence-corrected chi connectivity index (χ3v) is 6.94. The van der Waals surface area contributed by atoms with Gasteiger partial charge in [0.15, 0.2) is 0 Å². The van der Waals surface area contributed by atoms with Gasteiger partial charge in [0.05, 0.1) is 29.3 Å². The molecule has 1 saturated carbocycles. The predicted molar refractivity (Wildman–Crippen MR) is 128 cm³/mol. The minimum atomic E-state index is 0.206. The Morgan fingerprint density at radius 1 is 1.18 bits per heavy atom. The summed E-state index contributed by atoms with van der Waals surface area (Å²) < 4.78 is 4.21. The van der Waals surface area contributed by atoms with E-state index in [4.69, 9.17) is 9.97 Å². The van der Waals surface area contributed by atoms with E-state index in [1.807, 2.05) is 42.9 Å². The fourth-order valence-electron chi connectivity index (χ4n) is 5.08. The number of pyridine rings is 1. The number of carbonyl (C=O) groups excluding carboxylic acids is 1. The van der Waals surface area contributed by atoms with Gasteiger partial charge in [0, 0.05) is 61.4 Å². The minimum absolute atomic E-state index is 0.206. The number of nitrogens with zero attached hydrogens (tertiary/aromatic N) is 6. The van der Waals surface area contributed by atoms with Crippen molar-refractivity contribution in [2.24, 2.45) is 7.05 Å². The minimum Gasteiger partial charge on any atom is -0.335 e. The molecule has 4 heterocycles. The van der Waals surface area contributed by atoms with Crippen molar-refractivity contribution in [3.05, 3.63) is 53.9 Å². The molecular formula is C26H28N6O.